The number of amides is 2. The maximum atomic E-state index is 12.3. The summed E-state index contributed by atoms with van der Waals surface area (Å²) < 4.78 is 0. The van der Waals surface area contributed by atoms with Gasteiger partial charge in [-0.25, -0.2) is 0 Å². The highest BCUT2D eigenvalue weighted by Gasteiger charge is 2.31. The SMILES string of the molecule is CCCN(C(=O)Cc1cccc(C(N)=O)c1)C1CC1. The summed E-state index contributed by atoms with van der Waals surface area (Å²) in [5, 5.41) is 0. The van der Waals surface area contributed by atoms with Crippen molar-refractivity contribution in [1.82, 2.24) is 4.90 Å². The second kappa shape index (κ2) is 5.87. The largest absolute Gasteiger partial charge is 0.366 e. The first-order valence-corrected chi connectivity index (χ1v) is 6.80. The Labute approximate surface area is 113 Å². The van der Waals surface area contributed by atoms with Crippen LogP contribution in [-0.2, 0) is 11.2 Å². The summed E-state index contributed by atoms with van der Waals surface area (Å²) in [5.41, 5.74) is 6.55. The maximum absolute atomic E-state index is 12.3. The average molecular weight is 260 g/mol. The molecule has 0 heterocycles. The zero-order valence-corrected chi connectivity index (χ0v) is 11.3. The molecule has 0 radical (unpaired) electrons. The molecule has 2 amide bonds. The zero-order valence-electron chi connectivity index (χ0n) is 11.3. The summed E-state index contributed by atoms with van der Waals surface area (Å²) in [6.07, 6.45) is 3.56. The first-order chi connectivity index (χ1) is 9.11. The molecule has 0 aromatic heterocycles. The standard InChI is InChI=1S/C15H20N2O2/c1-2-8-17(13-6-7-13)14(18)10-11-4-3-5-12(9-11)15(16)19/h3-5,9,13H,2,6-8,10H2,1H3,(H2,16,19). The molecule has 0 unspecified atom stereocenters. The van der Waals surface area contributed by atoms with Gasteiger partial charge in [0.05, 0.1) is 6.42 Å². The number of primary amides is 1. The molecule has 0 aliphatic heterocycles. The predicted octanol–water partition coefficient (Wildman–Crippen LogP) is 1.73. The van der Waals surface area contributed by atoms with Gasteiger partial charge in [0, 0.05) is 18.2 Å². The van der Waals surface area contributed by atoms with E-state index in [4.69, 9.17) is 5.73 Å². The molecule has 1 aromatic rings. The summed E-state index contributed by atoms with van der Waals surface area (Å²) >= 11 is 0. The fourth-order valence-electron chi connectivity index (χ4n) is 2.25. The Morgan fingerprint density at radius 3 is 2.68 bits per heavy atom. The summed E-state index contributed by atoms with van der Waals surface area (Å²) in [7, 11) is 0. The molecule has 4 nitrogen and oxygen atoms in total. The van der Waals surface area contributed by atoms with E-state index in [9.17, 15) is 9.59 Å². The van der Waals surface area contributed by atoms with Gasteiger partial charge in [-0.15, -0.1) is 0 Å². The Bertz CT molecular complexity index is 481. The van der Waals surface area contributed by atoms with E-state index in [-0.39, 0.29) is 5.91 Å². The molecule has 0 saturated heterocycles. The van der Waals surface area contributed by atoms with Crippen molar-refractivity contribution in [3.8, 4) is 0 Å². The third kappa shape index (κ3) is 3.56. The third-order valence-electron chi connectivity index (χ3n) is 3.34. The summed E-state index contributed by atoms with van der Waals surface area (Å²) in [6, 6.07) is 7.44. The van der Waals surface area contributed by atoms with Crippen molar-refractivity contribution in [2.24, 2.45) is 5.73 Å². The van der Waals surface area contributed by atoms with E-state index >= 15 is 0 Å². The van der Waals surface area contributed by atoms with Crippen LogP contribution in [-0.4, -0.2) is 29.3 Å². The molecule has 2 rings (SSSR count). The third-order valence-corrected chi connectivity index (χ3v) is 3.34. The van der Waals surface area contributed by atoms with Crippen LogP contribution >= 0.6 is 0 Å². The Morgan fingerprint density at radius 2 is 2.11 bits per heavy atom. The fourth-order valence-corrected chi connectivity index (χ4v) is 2.25. The number of rotatable bonds is 6. The van der Waals surface area contributed by atoms with E-state index in [2.05, 4.69) is 6.92 Å². The van der Waals surface area contributed by atoms with Gasteiger partial charge in [-0.3, -0.25) is 9.59 Å². The highest BCUT2D eigenvalue weighted by molar-refractivity contribution is 5.93. The van der Waals surface area contributed by atoms with E-state index in [1.54, 1.807) is 18.2 Å². The quantitative estimate of drug-likeness (QED) is 0.846. The average Bonchev–Trinajstić information content (AvgIpc) is 3.20. The first kappa shape index (κ1) is 13.6. The Morgan fingerprint density at radius 1 is 1.37 bits per heavy atom. The van der Waals surface area contributed by atoms with Crippen molar-refractivity contribution < 1.29 is 9.59 Å². The minimum absolute atomic E-state index is 0.144. The highest BCUT2D eigenvalue weighted by Crippen LogP contribution is 2.27. The molecule has 1 aromatic carbocycles. The summed E-state index contributed by atoms with van der Waals surface area (Å²) in [5.74, 6) is -0.312. The van der Waals surface area contributed by atoms with Crippen LogP contribution in [0.1, 0.15) is 42.1 Å². The van der Waals surface area contributed by atoms with E-state index in [0.29, 0.717) is 18.0 Å². The molecule has 2 N–H and O–H groups in total. The molecule has 19 heavy (non-hydrogen) atoms. The predicted molar refractivity (Wildman–Crippen MR) is 73.7 cm³/mol. The first-order valence-electron chi connectivity index (χ1n) is 6.80. The molecular weight excluding hydrogens is 240 g/mol. The molecule has 1 aliphatic carbocycles. The van der Waals surface area contributed by atoms with Gasteiger partial charge in [0.25, 0.3) is 0 Å². The van der Waals surface area contributed by atoms with Crippen LogP contribution < -0.4 is 5.73 Å². The number of hydrogen-bond acceptors (Lipinski definition) is 2. The van der Waals surface area contributed by atoms with Crippen molar-refractivity contribution in [2.45, 2.75) is 38.6 Å². The lowest BCUT2D eigenvalue weighted by atomic mass is 10.1. The lowest BCUT2D eigenvalue weighted by Crippen LogP contribution is -2.35. The minimum atomic E-state index is -0.457. The van der Waals surface area contributed by atoms with Crippen LogP contribution in [0.5, 0.6) is 0 Å². The van der Waals surface area contributed by atoms with Crippen LogP contribution in [0, 0.1) is 0 Å². The van der Waals surface area contributed by atoms with Crippen molar-refractivity contribution in [1.29, 1.82) is 0 Å². The molecule has 0 bridgehead atoms. The lowest BCUT2D eigenvalue weighted by molar-refractivity contribution is -0.131. The second-order valence-electron chi connectivity index (χ2n) is 5.06. The van der Waals surface area contributed by atoms with Crippen molar-refractivity contribution in [3.63, 3.8) is 0 Å². The summed E-state index contributed by atoms with van der Waals surface area (Å²) in [4.78, 5) is 25.4. The van der Waals surface area contributed by atoms with Crippen LogP contribution in [0.25, 0.3) is 0 Å². The van der Waals surface area contributed by atoms with Crippen LogP contribution in [0.2, 0.25) is 0 Å². The normalized spacial score (nSPS) is 14.2. The molecule has 102 valence electrons. The van der Waals surface area contributed by atoms with Gasteiger partial charge < -0.3 is 10.6 Å². The van der Waals surface area contributed by atoms with E-state index in [1.165, 1.54) is 0 Å². The lowest BCUT2D eigenvalue weighted by Gasteiger charge is -2.21. The Balaban J connectivity index is 2.04. The number of nitrogens with zero attached hydrogens (tertiary/aromatic N) is 1. The second-order valence-corrected chi connectivity index (χ2v) is 5.06. The topological polar surface area (TPSA) is 63.4 Å². The van der Waals surface area contributed by atoms with Gasteiger partial charge in [0.2, 0.25) is 11.8 Å². The molecule has 1 fully saturated rings. The van der Waals surface area contributed by atoms with Crippen molar-refractivity contribution in [3.05, 3.63) is 35.4 Å². The molecule has 0 spiro atoms. The molecule has 0 atom stereocenters. The van der Waals surface area contributed by atoms with Gasteiger partial charge in [-0.05, 0) is 37.0 Å². The summed E-state index contributed by atoms with van der Waals surface area (Å²) in [6.45, 7) is 2.90. The molecule has 4 heteroatoms. The number of carbonyl (C=O) groups excluding carboxylic acids is 2. The number of benzene rings is 1. The smallest absolute Gasteiger partial charge is 0.248 e. The van der Waals surface area contributed by atoms with Gasteiger partial charge in [-0.2, -0.15) is 0 Å². The Kier molecular flexibility index (Phi) is 4.20. The van der Waals surface area contributed by atoms with Crippen molar-refractivity contribution >= 4 is 11.8 Å². The maximum Gasteiger partial charge on any atom is 0.248 e. The minimum Gasteiger partial charge on any atom is -0.366 e. The van der Waals surface area contributed by atoms with E-state index in [0.717, 1.165) is 31.4 Å². The number of nitrogens with two attached hydrogens (primary N) is 1. The zero-order chi connectivity index (χ0) is 13.8. The highest BCUT2D eigenvalue weighted by atomic mass is 16.2. The number of hydrogen-bond donors (Lipinski definition) is 1. The van der Waals surface area contributed by atoms with Gasteiger partial charge in [0.15, 0.2) is 0 Å². The van der Waals surface area contributed by atoms with E-state index in [1.807, 2.05) is 11.0 Å². The van der Waals surface area contributed by atoms with Gasteiger partial charge in [-0.1, -0.05) is 19.1 Å². The molecule has 1 saturated carbocycles. The molecular formula is C15H20N2O2. The number of carbonyl (C=O) groups is 2. The van der Waals surface area contributed by atoms with Gasteiger partial charge >= 0.3 is 0 Å². The van der Waals surface area contributed by atoms with Crippen molar-refractivity contribution in [2.75, 3.05) is 6.54 Å². The Hall–Kier alpha value is -1.84. The monoisotopic (exact) mass is 260 g/mol. The fraction of sp³-hybridized carbons (Fsp3) is 0.467. The van der Waals surface area contributed by atoms with Gasteiger partial charge in [0.1, 0.15) is 0 Å². The van der Waals surface area contributed by atoms with Crippen LogP contribution in [0.3, 0.4) is 0 Å². The molecule has 1 aliphatic rings. The van der Waals surface area contributed by atoms with Crippen LogP contribution in [0.4, 0.5) is 0 Å². The van der Waals surface area contributed by atoms with Crippen LogP contribution in [0.15, 0.2) is 24.3 Å². The van der Waals surface area contributed by atoms with E-state index < -0.39 is 5.91 Å².